The van der Waals surface area contributed by atoms with Gasteiger partial charge in [-0.05, 0) is 45.5 Å². The molecule has 4 heteroatoms. The Labute approximate surface area is 103 Å². The quantitative estimate of drug-likeness (QED) is 0.783. The number of rotatable bonds is 4. The van der Waals surface area contributed by atoms with Gasteiger partial charge in [0.05, 0.1) is 6.54 Å². The first kappa shape index (κ1) is 13.5. The number of hydrogen-bond donors (Lipinski definition) is 2. The summed E-state index contributed by atoms with van der Waals surface area (Å²) in [5.41, 5.74) is 8.24. The summed E-state index contributed by atoms with van der Waals surface area (Å²) in [6, 6.07) is 5.89. The smallest absolute Gasteiger partial charge is 0.238 e. The topological polar surface area (TPSA) is 58.4 Å². The predicted octanol–water partition coefficient (Wildman–Crippen LogP) is 1.86. The zero-order valence-corrected chi connectivity index (χ0v) is 10.9. The van der Waals surface area contributed by atoms with Crippen LogP contribution in [-0.2, 0) is 4.79 Å². The highest BCUT2D eigenvalue weighted by Gasteiger charge is 2.09. The molecule has 0 fully saturated rings. The molecule has 0 aliphatic heterocycles. The molecule has 3 N–H and O–H groups in total. The van der Waals surface area contributed by atoms with Crippen molar-refractivity contribution in [1.82, 2.24) is 4.90 Å². The highest BCUT2D eigenvalue weighted by molar-refractivity contribution is 5.92. The van der Waals surface area contributed by atoms with E-state index in [2.05, 4.69) is 19.2 Å². The number of nitrogens with two attached hydrogens (primary N) is 1. The normalized spacial score (nSPS) is 10.9. The molecule has 4 nitrogen and oxygen atoms in total. The first-order chi connectivity index (χ1) is 7.90. The number of benzene rings is 1. The van der Waals surface area contributed by atoms with E-state index in [4.69, 9.17) is 5.73 Å². The maximum Gasteiger partial charge on any atom is 0.238 e. The van der Waals surface area contributed by atoms with Gasteiger partial charge in [-0.15, -0.1) is 0 Å². The summed E-state index contributed by atoms with van der Waals surface area (Å²) in [6.45, 7) is 6.42. The van der Waals surface area contributed by atoms with E-state index in [1.807, 2.05) is 31.0 Å². The van der Waals surface area contributed by atoms with Gasteiger partial charge in [0.1, 0.15) is 0 Å². The molecule has 0 aromatic heterocycles. The van der Waals surface area contributed by atoms with Crippen LogP contribution in [0.25, 0.3) is 0 Å². The molecular formula is C13H21N3O. The lowest BCUT2D eigenvalue weighted by Gasteiger charge is -2.20. The molecule has 94 valence electrons. The number of carbonyl (C=O) groups excluding carboxylic acids is 1. The average Bonchev–Trinajstić information content (AvgIpc) is 2.23. The number of nitrogens with zero attached hydrogens (tertiary/aromatic N) is 1. The molecule has 0 heterocycles. The molecule has 0 aliphatic rings. The molecule has 0 bridgehead atoms. The van der Waals surface area contributed by atoms with Crippen molar-refractivity contribution in [3.05, 3.63) is 23.8 Å². The van der Waals surface area contributed by atoms with Gasteiger partial charge >= 0.3 is 0 Å². The van der Waals surface area contributed by atoms with Gasteiger partial charge in [-0.1, -0.05) is 6.07 Å². The second-order valence-corrected chi connectivity index (χ2v) is 4.63. The van der Waals surface area contributed by atoms with Crippen molar-refractivity contribution in [3.8, 4) is 0 Å². The van der Waals surface area contributed by atoms with Crippen LogP contribution in [0.15, 0.2) is 18.2 Å². The second kappa shape index (κ2) is 5.68. The number of nitrogen functional groups attached to an aromatic ring is 1. The summed E-state index contributed by atoms with van der Waals surface area (Å²) in [7, 11) is 1.92. The fourth-order valence-electron chi connectivity index (χ4n) is 1.33. The van der Waals surface area contributed by atoms with Gasteiger partial charge in [-0.3, -0.25) is 9.69 Å². The fourth-order valence-corrected chi connectivity index (χ4v) is 1.33. The van der Waals surface area contributed by atoms with Crippen LogP contribution >= 0.6 is 0 Å². The molecule has 1 rings (SSSR count). The van der Waals surface area contributed by atoms with Gasteiger partial charge in [0.2, 0.25) is 5.91 Å². The standard InChI is InChI=1S/C13H21N3O/c1-9(2)16(4)8-13(17)15-11-6-5-10(3)12(14)7-11/h5-7,9H,8,14H2,1-4H3,(H,15,17). The minimum absolute atomic E-state index is 0.0237. The summed E-state index contributed by atoms with van der Waals surface area (Å²) >= 11 is 0. The number of carbonyl (C=O) groups is 1. The van der Waals surface area contributed by atoms with Gasteiger partial charge in [0.25, 0.3) is 0 Å². The van der Waals surface area contributed by atoms with Gasteiger partial charge in [0.15, 0.2) is 0 Å². The van der Waals surface area contributed by atoms with Crippen molar-refractivity contribution < 1.29 is 4.79 Å². The predicted molar refractivity (Wildman–Crippen MR) is 72.0 cm³/mol. The molecule has 0 aliphatic carbocycles. The summed E-state index contributed by atoms with van der Waals surface area (Å²) in [6.07, 6.45) is 0. The molecule has 0 saturated carbocycles. The number of amides is 1. The van der Waals surface area contributed by atoms with Crippen LogP contribution in [0.4, 0.5) is 11.4 Å². The zero-order chi connectivity index (χ0) is 13.0. The van der Waals surface area contributed by atoms with Crippen molar-refractivity contribution in [2.75, 3.05) is 24.6 Å². The van der Waals surface area contributed by atoms with Crippen molar-refractivity contribution in [2.45, 2.75) is 26.8 Å². The Morgan fingerprint density at radius 2 is 2.12 bits per heavy atom. The lowest BCUT2D eigenvalue weighted by molar-refractivity contribution is -0.117. The Kier molecular flexibility index (Phi) is 4.52. The van der Waals surface area contributed by atoms with Crippen LogP contribution in [0.3, 0.4) is 0 Å². The number of anilines is 2. The van der Waals surface area contributed by atoms with Crippen LogP contribution in [0.5, 0.6) is 0 Å². The highest BCUT2D eigenvalue weighted by atomic mass is 16.2. The molecule has 0 radical (unpaired) electrons. The van der Waals surface area contributed by atoms with Gasteiger partial charge < -0.3 is 11.1 Å². The van der Waals surface area contributed by atoms with Crippen molar-refractivity contribution >= 4 is 17.3 Å². The molecule has 1 amide bonds. The maximum atomic E-state index is 11.7. The van der Waals surface area contributed by atoms with E-state index in [0.717, 1.165) is 11.3 Å². The maximum absolute atomic E-state index is 11.7. The van der Waals surface area contributed by atoms with E-state index in [-0.39, 0.29) is 5.91 Å². The van der Waals surface area contributed by atoms with E-state index in [1.54, 1.807) is 6.07 Å². The molecule has 1 aromatic carbocycles. The first-order valence-corrected chi connectivity index (χ1v) is 5.76. The summed E-state index contributed by atoms with van der Waals surface area (Å²) in [5, 5.41) is 2.84. The van der Waals surface area contributed by atoms with Gasteiger partial charge in [-0.2, -0.15) is 0 Å². The molecule has 0 spiro atoms. The Bertz CT molecular complexity index is 402. The third-order valence-corrected chi connectivity index (χ3v) is 2.84. The third kappa shape index (κ3) is 4.07. The molecule has 0 atom stereocenters. The SMILES string of the molecule is Cc1ccc(NC(=O)CN(C)C(C)C)cc1N. The molecule has 0 unspecified atom stereocenters. The zero-order valence-electron chi connectivity index (χ0n) is 10.9. The molecule has 17 heavy (non-hydrogen) atoms. The van der Waals surface area contributed by atoms with E-state index < -0.39 is 0 Å². The highest BCUT2D eigenvalue weighted by Crippen LogP contribution is 2.16. The number of hydrogen-bond acceptors (Lipinski definition) is 3. The summed E-state index contributed by atoms with van der Waals surface area (Å²) in [4.78, 5) is 13.7. The van der Waals surface area contributed by atoms with E-state index in [0.29, 0.717) is 18.3 Å². The lowest BCUT2D eigenvalue weighted by Crippen LogP contribution is -2.34. The largest absolute Gasteiger partial charge is 0.398 e. The van der Waals surface area contributed by atoms with E-state index >= 15 is 0 Å². The first-order valence-electron chi connectivity index (χ1n) is 5.76. The molecule has 0 saturated heterocycles. The Hall–Kier alpha value is -1.55. The van der Waals surface area contributed by atoms with Crippen molar-refractivity contribution in [1.29, 1.82) is 0 Å². The Balaban J connectivity index is 2.59. The fraction of sp³-hybridized carbons (Fsp3) is 0.462. The summed E-state index contributed by atoms with van der Waals surface area (Å²) in [5.74, 6) is -0.0237. The van der Waals surface area contributed by atoms with Crippen molar-refractivity contribution in [3.63, 3.8) is 0 Å². The third-order valence-electron chi connectivity index (χ3n) is 2.84. The minimum Gasteiger partial charge on any atom is -0.398 e. The number of likely N-dealkylation sites (N-methyl/N-ethyl adjacent to an activating group) is 1. The Morgan fingerprint density at radius 1 is 1.47 bits per heavy atom. The summed E-state index contributed by atoms with van der Waals surface area (Å²) < 4.78 is 0. The van der Waals surface area contributed by atoms with Crippen LogP contribution in [0.1, 0.15) is 19.4 Å². The molecule has 1 aromatic rings. The number of aryl methyl sites for hydroxylation is 1. The number of nitrogens with one attached hydrogen (secondary N) is 1. The van der Waals surface area contributed by atoms with Crippen LogP contribution in [-0.4, -0.2) is 30.4 Å². The lowest BCUT2D eigenvalue weighted by atomic mass is 10.2. The second-order valence-electron chi connectivity index (χ2n) is 4.63. The Morgan fingerprint density at radius 3 is 2.65 bits per heavy atom. The minimum atomic E-state index is -0.0237. The average molecular weight is 235 g/mol. The van der Waals surface area contributed by atoms with E-state index in [1.165, 1.54) is 0 Å². The van der Waals surface area contributed by atoms with Crippen LogP contribution < -0.4 is 11.1 Å². The van der Waals surface area contributed by atoms with E-state index in [9.17, 15) is 4.79 Å². The van der Waals surface area contributed by atoms with Gasteiger partial charge in [-0.25, -0.2) is 0 Å². The van der Waals surface area contributed by atoms with Crippen LogP contribution in [0, 0.1) is 6.92 Å². The van der Waals surface area contributed by atoms with Crippen LogP contribution in [0.2, 0.25) is 0 Å². The monoisotopic (exact) mass is 235 g/mol. The molecular weight excluding hydrogens is 214 g/mol. The van der Waals surface area contributed by atoms with Crippen molar-refractivity contribution in [2.24, 2.45) is 0 Å². The van der Waals surface area contributed by atoms with Gasteiger partial charge in [0, 0.05) is 17.4 Å².